The predicted octanol–water partition coefficient (Wildman–Crippen LogP) is 3.25. The maximum absolute atomic E-state index is 8.81. The van der Waals surface area contributed by atoms with E-state index in [2.05, 4.69) is 45.1 Å². The van der Waals surface area contributed by atoms with Crippen molar-refractivity contribution in [2.24, 2.45) is 10.9 Å². The zero-order chi connectivity index (χ0) is 15.4. The first-order chi connectivity index (χ1) is 10.0. The Morgan fingerprint density at radius 3 is 2.81 bits per heavy atom. The Bertz CT molecular complexity index is 674. The quantitative estimate of drug-likeness (QED) is 0.382. The molecule has 0 aliphatic carbocycles. The van der Waals surface area contributed by atoms with Crippen molar-refractivity contribution in [1.82, 2.24) is 10.2 Å². The zero-order valence-corrected chi connectivity index (χ0v) is 13.2. The molecule has 0 spiro atoms. The van der Waals surface area contributed by atoms with Gasteiger partial charge in [0.05, 0.1) is 11.8 Å². The van der Waals surface area contributed by atoms with E-state index in [1.807, 2.05) is 18.2 Å². The summed E-state index contributed by atoms with van der Waals surface area (Å²) in [4.78, 5) is 0. The summed E-state index contributed by atoms with van der Waals surface area (Å²) < 4.78 is 6.78. The Kier molecular flexibility index (Phi) is 4.74. The van der Waals surface area contributed by atoms with Crippen LogP contribution in [0.5, 0.6) is 11.6 Å². The van der Waals surface area contributed by atoms with Crippen LogP contribution in [0.3, 0.4) is 0 Å². The number of benzene rings is 1. The molecule has 2 aromatic rings. The van der Waals surface area contributed by atoms with Gasteiger partial charge >= 0.3 is 0 Å². The van der Waals surface area contributed by atoms with Crippen molar-refractivity contribution < 1.29 is 9.94 Å². The van der Waals surface area contributed by atoms with Crippen LogP contribution < -0.4 is 10.5 Å². The minimum absolute atomic E-state index is 0.0805. The molecule has 21 heavy (non-hydrogen) atoms. The van der Waals surface area contributed by atoms with E-state index in [-0.39, 0.29) is 17.6 Å². The molecule has 110 valence electrons. The van der Waals surface area contributed by atoms with Gasteiger partial charge in [0.25, 0.3) is 0 Å². The van der Waals surface area contributed by atoms with Crippen molar-refractivity contribution in [3.8, 4) is 11.6 Å². The highest BCUT2D eigenvalue weighted by atomic mass is 79.9. The monoisotopic (exact) mass is 350 g/mol. The fraction of sp³-hybridized carbons (Fsp3) is 0.214. The molecule has 0 saturated heterocycles. The lowest BCUT2D eigenvalue weighted by Crippen LogP contribution is -2.15. The topological polar surface area (TPSA) is 93.6 Å². The van der Waals surface area contributed by atoms with Crippen molar-refractivity contribution in [1.29, 1.82) is 0 Å². The van der Waals surface area contributed by atoms with E-state index in [0.29, 0.717) is 11.3 Å². The Morgan fingerprint density at radius 2 is 2.14 bits per heavy atom. The van der Waals surface area contributed by atoms with Gasteiger partial charge in [0.1, 0.15) is 5.75 Å². The number of ether oxygens (including phenoxy) is 1. The van der Waals surface area contributed by atoms with Crippen LogP contribution in [0.15, 0.2) is 40.1 Å². The molecule has 7 heteroatoms. The molecule has 0 radical (unpaired) electrons. The van der Waals surface area contributed by atoms with Crippen molar-refractivity contribution in [3.05, 3.63) is 46.1 Å². The van der Waals surface area contributed by atoms with Gasteiger partial charge in [0, 0.05) is 4.47 Å². The van der Waals surface area contributed by atoms with E-state index >= 15 is 0 Å². The smallest absolute Gasteiger partial charge is 0.250 e. The summed E-state index contributed by atoms with van der Waals surface area (Å²) in [5, 5.41) is 19.5. The highest BCUT2D eigenvalue weighted by molar-refractivity contribution is 9.10. The first-order valence-electron chi connectivity index (χ1n) is 6.29. The molecule has 0 amide bonds. The maximum Gasteiger partial charge on any atom is 0.250 e. The largest absolute Gasteiger partial charge is 0.437 e. The molecule has 2 rings (SSSR count). The summed E-state index contributed by atoms with van der Waals surface area (Å²) in [5.41, 5.74) is 7.01. The number of nitrogens with zero attached hydrogens (tertiary/aromatic N) is 3. The van der Waals surface area contributed by atoms with E-state index in [1.165, 1.54) is 6.20 Å². The molecule has 1 heterocycles. The third-order valence-electron chi connectivity index (χ3n) is 2.87. The third-order valence-corrected chi connectivity index (χ3v) is 3.36. The summed E-state index contributed by atoms with van der Waals surface area (Å²) in [6.07, 6.45) is 1.45. The van der Waals surface area contributed by atoms with Crippen molar-refractivity contribution >= 4 is 21.8 Å². The van der Waals surface area contributed by atoms with Gasteiger partial charge in [0.2, 0.25) is 5.88 Å². The average molecular weight is 351 g/mol. The Morgan fingerprint density at radius 1 is 1.38 bits per heavy atom. The Labute approximate surface area is 130 Å². The van der Waals surface area contributed by atoms with Crippen molar-refractivity contribution in [3.63, 3.8) is 0 Å². The average Bonchev–Trinajstić information content (AvgIpc) is 2.48. The van der Waals surface area contributed by atoms with E-state index in [1.54, 1.807) is 6.07 Å². The molecule has 0 bridgehead atoms. The number of amidine groups is 1. The van der Waals surface area contributed by atoms with Gasteiger partial charge in [-0.25, -0.2) is 0 Å². The van der Waals surface area contributed by atoms with Crippen LogP contribution in [0.1, 0.15) is 30.9 Å². The van der Waals surface area contributed by atoms with Crippen molar-refractivity contribution in [2.75, 3.05) is 0 Å². The van der Waals surface area contributed by atoms with Gasteiger partial charge < -0.3 is 15.7 Å². The molecule has 0 fully saturated rings. The Balaban J connectivity index is 2.44. The lowest BCUT2D eigenvalue weighted by atomic mass is 10.0. The molecular weight excluding hydrogens is 336 g/mol. The number of rotatable bonds is 4. The molecule has 0 unspecified atom stereocenters. The minimum atomic E-state index is -0.0805. The number of aromatic nitrogens is 2. The fourth-order valence-corrected chi connectivity index (χ4v) is 2.19. The molecule has 1 aromatic carbocycles. The van der Waals surface area contributed by atoms with Gasteiger partial charge in [-0.2, -0.15) is 5.10 Å². The summed E-state index contributed by atoms with van der Waals surface area (Å²) in [7, 11) is 0. The van der Waals surface area contributed by atoms with Crippen LogP contribution in [-0.2, 0) is 0 Å². The molecule has 1 aromatic heterocycles. The SMILES string of the molecule is CC(C)c1cc(Br)ccc1Oc1nnccc1/C(N)=N/O. The summed E-state index contributed by atoms with van der Waals surface area (Å²) in [6, 6.07) is 7.27. The van der Waals surface area contributed by atoms with Gasteiger partial charge in [-0.05, 0) is 35.7 Å². The number of nitrogens with two attached hydrogens (primary N) is 1. The second-order valence-corrected chi connectivity index (χ2v) is 5.59. The minimum Gasteiger partial charge on any atom is -0.437 e. The van der Waals surface area contributed by atoms with E-state index in [9.17, 15) is 0 Å². The van der Waals surface area contributed by atoms with Crippen LogP contribution in [0.4, 0.5) is 0 Å². The molecule has 0 aliphatic heterocycles. The summed E-state index contributed by atoms with van der Waals surface area (Å²) in [5.74, 6) is 1.03. The first-order valence-corrected chi connectivity index (χ1v) is 7.09. The van der Waals surface area contributed by atoms with Crippen LogP contribution in [0, 0.1) is 0 Å². The molecule has 3 N–H and O–H groups in total. The number of hydrogen-bond donors (Lipinski definition) is 2. The van der Waals surface area contributed by atoms with Gasteiger partial charge in [-0.1, -0.05) is 34.9 Å². The molecule has 6 nitrogen and oxygen atoms in total. The number of hydrogen-bond acceptors (Lipinski definition) is 5. The zero-order valence-electron chi connectivity index (χ0n) is 11.6. The third kappa shape index (κ3) is 3.49. The Hall–Kier alpha value is -2.15. The van der Waals surface area contributed by atoms with Gasteiger partial charge in [-0.15, -0.1) is 5.10 Å². The molecule has 0 atom stereocenters. The fourth-order valence-electron chi connectivity index (χ4n) is 1.81. The highest BCUT2D eigenvalue weighted by Gasteiger charge is 2.15. The second kappa shape index (κ2) is 6.53. The first kappa shape index (κ1) is 15.2. The second-order valence-electron chi connectivity index (χ2n) is 4.67. The number of halogens is 1. The van der Waals surface area contributed by atoms with E-state index < -0.39 is 0 Å². The maximum atomic E-state index is 8.81. The molecule has 0 aliphatic rings. The predicted molar refractivity (Wildman–Crippen MR) is 82.8 cm³/mol. The van der Waals surface area contributed by atoms with Crippen LogP contribution in [-0.4, -0.2) is 21.2 Å². The van der Waals surface area contributed by atoms with Gasteiger partial charge in [0.15, 0.2) is 5.84 Å². The standard InChI is InChI=1S/C14H15BrN4O2/c1-8(2)11-7-9(15)3-4-12(11)21-14-10(13(16)19-20)5-6-17-18-14/h3-8,20H,1-2H3,(H2,16,19). The molecule has 0 saturated carbocycles. The lowest BCUT2D eigenvalue weighted by molar-refractivity contribution is 0.318. The molecular formula is C14H15BrN4O2. The summed E-state index contributed by atoms with van der Waals surface area (Å²) >= 11 is 3.44. The van der Waals surface area contributed by atoms with Crippen LogP contribution in [0.2, 0.25) is 0 Å². The van der Waals surface area contributed by atoms with E-state index in [4.69, 9.17) is 15.7 Å². The van der Waals surface area contributed by atoms with E-state index in [0.717, 1.165) is 10.0 Å². The lowest BCUT2D eigenvalue weighted by Gasteiger charge is -2.14. The normalized spacial score (nSPS) is 11.7. The number of oxime groups is 1. The van der Waals surface area contributed by atoms with Crippen LogP contribution >= 0.6 is 15.9 Å². The van der Waals surface area contributed by atoms with Crippen LogP contribution in [0.25, 0.3) is 0 Å². The van der Waals surface area contributed by atoms with Crippen molar-refractivity contribution in [2.45, 2.75) is 19.8 Å². The van der Waals surface area contributed by atoms with Gasteiger partial charge in [-0.3, -0.25) is 0 Å². The highest BCUT2D eigenvalue weighted by Crippen LogP contribution is 2.33. The summed E-state index contributed by atoms with van der Waals surface area (Å²) in [6.45, 7) is 4.13.